The largest absolute Gasteiger partial charge is 0.338 e. The van der Waals surface area contributed by atoms with E-state index in [0.717, 1.165) is 22.5 Å². The molecule has 0 unspecified atom stereocenters. The average molecular weight is 302 g/mol. The number of hydrogen-bond donors (Lipinski definition) is 2. The van der Waals surface area contributed by atoms with E-state index in [0.29, 0.717) is 5.65 Å². The fraction of sp³-hybridized carbons (Fsp3) is 0.0588. The van der Waals surface area contributed by atoms with Crippen LogP contribution in [0.2, 0.25) is 0 Å². The Bertz CT molecular complexity index is 961. The maximum Gasteiger partial charge on any atom is 0.180 e. The zero-order valence-corrected chi connectivity index (χ0v) is 12.5. The highest BCUT2D eigenvalue weighted by Crippen LogP contribution is 2.28. The van der Waals surface area contributed by atoms with Gasteiger partial charge in [0.05, 0.1) is 11.6 Å². The topological polar surface area (TPSA) is 79.4 Å². The Morgan fingerprint density at radius 2 is 1.87 bits per heavy atom. The van der Waals surface area contributed by atoms with E-state index in [1.807, 2.05) is 24.3 Å². The smallest absolute Gasteiger partial charge is 0.180 e. The summed E-state index contributed by atoms with van der Waals surface area (Å²) >= 11 is 0. The van der Waals surface area contributed by atoms with Gasteiger partial charge in [0.1, 0.15) is 0 Å². The third kappa shape index (κ3) is 2.50. The molecule has 0 saturated heterocycles. The van der Waals surface area contributed by atoms with Crippen LogP contribution >= 0.6 is 0 Å². The van der Waals surface area contributed by atoms with Crippen LogP contribution in [-0.4, -0.2) is 25.4 Å². The summed E-state index contributed by atoms with van der Waals surface area (Å²) in [5.74, 6) is 0.742. The molecule has 0 atom stereocenters. The molecular weight excluding hydrogens is 288 g/mol. The molecule has 23 heavy (non-hydrogen) atoms. The Morgan fingerprint density at radius 1 is 1.00 bits per heavy atom. The summed E-state index contributed by atoms with van der Waals surface area (Å²) in [7, 11) is 0. The number of fused-ring (bicyclic) bond motifs is 1. The minimum Gasteiger partial charge on any atom is -0.338 e. The number of benzene rings is 1. The summed E-state index contributed by atoms with van der Waals surface area (Å²) in [6.45, 7) is 2.09. The average Bonchev–Trinajstić information content (AvgIpc) is 2.99. The van der Waals surface area contributed by atoms with Crippen LogP contribution in [0.1, 0.15) is 5.56 Å². The van der Waals surface area contributed by atoms with Gasteiger partial charge in [0, 0.05) is 18.1 Å². The second-order valence-electron chi connectivity index (χ2n) is 5.26. The molecule has 0 aliphatic carbocycles. The Balaban J connectivity index is 1.67. The van der Waals surface area contributed by atoms with E-state index in [2.05, 4.69) is 49.8 Å². The summed E-state index contributed by atoms with van der Waals surface area (Å²) in [6, 6.07) is 12.1. The molecular formula is C17H14N6. The highest BCUT2D eigenvalue weighted by Gasteiger charge is 2.08. The number of nitrogens with one attached hydrogen (secondary N) is 2. The molecule has 0 radical (unpaired) electrons. The van der Waals surface area contributed by atoms with Crippen LogP contribution in [-0.2, 0) is 0 Å². The number of aryl methyl sites for hydroxylation is 1. The van der Waals surface area contributed by atoms with Crippen LogP contribution in [0.5, 0.6) is 0 Å². The third-order valence-electron chi connectivity index (χ3n) is 3.73. The molecule has 3 heterocycles. The van der Waals surface area contributed by atoms with Gasteiger partial charge >= 0.3 is 0 Å². The summed E-state index contributed by atoms with van der Waals surface area (Å²) in [5.41, 5.74) is 5.17. The van der Waals surface area contributed by atoms with Crippen LogP contribution in [0, 0.1) is 6.92 Å². The predicted octanol–water partition coefficient (Wildman–Crippen LogP) is 3.47. The van der Waals surface area contributed by atoms with Crippen LogP contribution in [0.25, 0.3) is 22.2 Å². The lowest BCUT2D eigenvalue weighted by atomic mass is 10.0. The first kappa shape index (κ1) is 13.4. The highest BCUT2D eigenvalue weighted by atomic mass is 15.2. The summed E-state index contributed by atoms with van der Waals surface area (Å²) in [6.07, 6.45) is 5.26. The third-order valence-corrected chi connectivity index (χ3v) is 3.73. The van der Waals surface area contributed by atoms with Crippen molar-refractivity contribution >= 4 is 22.5 Å². The normalized spacial score (nSPS) is 10.8. The van der Waals surface area contributed by atoms with E-state index < -0.39 is 0 Å². The quantitative estimate of drug-likeness (QED) is 0.606. The van der Waals surface area contributed by atoms with E-state index in [-0.39, 0.29) is 0 Å². The van der Waals surface area contributed by atoms with E-state index in [9.17, 15) is 0 Å². The standard InChI is InChI=1S/C17H14N6/c1-11-10-13(2-3-14(11)12-4-7-18-8-5-12)20-16-15-6-9-19-21-17(15)23-22-16/h2-10H,1H3,(H2,20,21,22,23). The molecule has 0 spiro atoms. The van der Waals surface area contributed by atoms with Crippen molar-refractivity contribution in [1.82, 2.24) is 25.4 Å². The van der Waals surface area contributed by atoms with Gasteiger partial charge in [-0.15, -0.1) is 5.10 Å². The molecule has 6 nitrogen and oxygen atoms in total. The fourth-order valence-corrected chi connectivity index (χ4v) is 2.60. The number of anilines is 2. The van der Waals surface area contributed by atoms with E-state index in [4.69, 9.17) is 0 Å². The number of aromatic nitrogens is 5. The van der Waals surface area contributed by atoms with Gasteiger partial charge in [0.15, 0.2) is 11.5 Å². The molecule has 4 rings (SSSR count). The minimum atomic E-state index is 0.667. The lowest BCUT2D eigenvalue weighted by Crippen LogP contribution is -1.93. The lowest BCUT2D eigenvalue weighted by Gasteiger charge is -2.09. The minimum absolute atomic E-state index is 0.667. The fourth-order valence-electron chi connectivity index (χ4n) is 2.60. The van der Waals surface area contributed by atoms with Crippen molar-refractivity contribution in [2.75, 3.05) is 5.32 Å². The molecule has 112 valence electrons. The van der Waals surface area contributed by atoms with Crippen LogP contribution in [0.15, 0.2) is 55.0 Å². The number of aromatic amines is 1. The zero-order chi connectivity index (χ0) is 15.6. The van der Waals surface area contributed by atoms with Gasteiger partial charge in [-0.1, -0.05) is 6.07 Å². The van der Waals surface area contributed by atoms with Crippen LogP contribution < -0.4 is 5.32 Å². The van der Waals surface area contributed by atoms with Gasteiger partial charge in [0.2, 0.25) is 0 Å². The molecule has 0 fully saturated rings. The zero-order valence-electron chi connectivity index (χ0n) is 12.5. The Morgan fingerprint density at radius 3 is 2.70 bits per heavy atom. The molecule has 0 amide bonds. The van der Waals surface area contributed by atoms with Gasteiger partial charge in [-0.2, -0.15) is 10.2 Å². The second kappa shape index (κ2) is 5.49. The van der Waals surface area contributed by atoms with Crippen molar-refractivity contribution in [3.8, 4) is 11.1 Å². The van der Waals surface area contributed by atoms with Gasteiger partial charge in [-0.25, -0.2) is 0 Å². The first-order valence-electron chi connectivity index (χ1n) is 7.25. The van der Waals surface area contributed by atoms with Gasteiger partial charge in [-0.3, -0.25) is 10.1 Å². The number of pyridine rings is 1. The Hall–Kier alpha value is -3.28. The SMILES string of the molecule is Cc1cc(Nc2n[nH]c3nnccc23)ccc1-c1ccncc1. The Labute approximate surface area is 132 Å². The van der Waals surface area contributed by atoms with Gasteiger partial charge in [0.25, 0.3) is 0 Å². The molecule has 3 aromatic heterocycles. The van der Waals surface area contributed by atoms with Crippen molar-refractivity contribution in [1.29, 1.82) is 0 Å². The molecule has 0 aliphatic heterocycles. The first-order chi connectivity index (χ1) is 11.3. The molecule has 0 aliphatic rings. The monoisotopic (exact) mass is 302 g/mol. The van der Waals surface area contributed by atoms with E-state index in [1.165, 1.54) is 11.1 Å². The van der Waals surface area contributed by atoms with Crippen molar-refractivity contribution in [2.24, 2.45) is 0 Å². The van der Waals surface area contributed by atoms with Crippen LogP contribution in [0.4, 0.5) is 11.5 Å². The lowest BCUT2D eigenvalue weighted by molar-refractivity contribution is 1.02. The molecule has 6 heteroatoms. The van der Waals surface area contributed by atoms with Crippen molar-refractivity contribution in [3.05, 3.63) is 60.6 Å². The van der Waals surface area contributed by atoms with Gasteiger partial charge < -0.3 is 5.32 Å². The Kier molecular flexibility index (Phi) is 3.20. The summed E-state index contributed by atoms with van der Waals surface area (Å²) < 4.78 is 0. The number of nitrogens with zero attached hydrogens (tertiary/aromatic N) is 4. The number of hydrogen-bond acceptors (Lipinski definition) is 5. The maximum absolute atomic E-state index is 4.25. The number of rotatable bonds is 3. The van der Waals surface area contributed by atoms with Crippen LogP contribution in [0.3, 0.4) is 0 Å². The molecule has 0 bridgehead atoms. The second-order valence-corrected chi connectivity index (χ2v) is 5.26. The van der Waals surface area contributed by atoms with Gasteiger partial charge in [-0.05, 0) is 53.9 Å². The molecule has 2 N–H and O–H groups in total. The first-order valence-corrected chi connectivity index (χ1v) is 7.25. The highest BCUT2D eigenvalue weighted by molar-refractivity contribution is 5.88. The maximum atomic E-state index is 4.25. The summed E-state index contributed by atoms with van der Waals surface area (Å²) in [5, 5.41) is 19.2. The van der Waals surface area contributed by atoms with E-state index in [1.54, 1.807) is 18.6 Å². The summed E-state index contributed by atoms with van der Waals surface area (Å²) in [4.78, 5) is 4.06. The van der Waals surface area contributed by atoms with Crippen molar-refractivity contribution in [3.63, 3.8) is 0 Å². The van der Waals surface area contributed by atoms with Crippen molar-refractivity contribution in [2.45, 2.75) is 6.92 Å². The number of H-pyrrole nitrogens is 1. The molecule has 1 aromatic carbocycles. The predicted molar refractivity (Wildman–Crippen MR) is 89.4 cm³/mol. The van der Waals surface area contributed by atoms with E-state index >= 15 is 0 Å². The molecule has 0 saturated carbocycles. The molecule has 4 aromatic rings. The van der Waals surface area contributed by atoms with Crippen molar-refractivity contribution < 1.29 is 0 Å².